The minimum atomic E-state index is 0.381. The molecule has 0 radical (unpaired) electrons. The average Bonchev–Trinajstić information content (AvgIpc) is 2.84. The Morgan fingerprint density at radius 2 is 2.18 bits per heavy atom. The van der Waals surface area contributed by atoms with E-state index >= 15 is 0 Å². The van der Waals surface area contributed by atoms with Gasteiger partial charge in [0.25, 0.3) is 0 Å². The first kappa shape index (κ1) is 11.9. The summed E-state index contributed by atoms with van der Waals surface area (Å²) in [5, 5.41) is 7.78. The van der Waals surface area contributed by atoms with Gasteiger partial charge in [-0.2, -0.15) is 0 Å². The van der Waals surface area contributed by atoms with Crippen molar-refractivity contribution >= 4 is 11.6 Å². The molecule has 0 atom stereocenters. The van der Waals surface area contributed by atoms with Gasteiger partial charge in [0.1, 0.15) is 17.9 Å². The first-order chi connectivity index (χ1) is 8.35. The van der Waals surface area contributed by atoms with Crippen molar-refractivity contribution in [2.75, 3.05) is 7.11 Å². The van der Waals surface area contributed by atoms with Crippen LogP contribution in [0.15, 0.2) is 30.6 Å². The molecule has 2 aromatic rings. The number of nitrogens with zero attached hydrogens (tertiary/aromatic N) is 3. The molecule has 0 saturated heterocycles. The van der Waals surface area contributed by atoms with Gasteiger partial charge in [0.05, 0.1) is 13.0 Å². The van der Waals surface area contributed by atoms with Gasteiger partial charge in [0.15, 0.2) is 0 Å². The smallest absolute Gasteiger partial charge is 0.147 e. The quantitative estimate of drug-likeness (QED) is 0.766. The number of halogens is 1. The van der Waals surface area contributed by atoms with Crippen molar-refractivity contribution in [1.82, 2.24) is 14.8 Å². The third-order valence-corrected chi connectivity index (χ3v) is 2.87. The molecule has 0 fully saturated rings. The summed E-state index contributed by atoms with van der Waals surface area (Å²) in [6.07, 6.45) is 2.57. The highest BCUT2D eigenvalue weighted by Gasteiger charge is 2.05. The summed E-state index contributed by atoms with van der Waals surface area (Å²) in [6, 6.07) is 7.99. The topological polar surface area (TPSA) is 39.9 Å². The number of hydrogen-bond donors (Lipinski definition) is 0. The summed E-state index contributed by atoms with van der Waals surface area (Å²) >= 11 is 5.77. The van der Waals surface area contributed by atoms with Crippen LogP contribution in [-0.2, 0) is 18.8 Å². The predicted octanol–water partition coefficient (Wildman–Crippen LogP) is 2.27. The third kappa shape index (κ3) is 2.77. The van der Waals surface area contributed by atoms with E-state index in [2.05, 4.69) is 16.3 Å². The normalized spacial score (nSPS) is 10.5. The molecule has 17 heavy (non-hydrogen) atoms. The largest absolute Gasteiger partial charge is 0.496 e. The molecule has 4 nitrogen and oxygen atoms in total. The molecular formula is C12H14ClN3O. The highest BCUT2D eigenvalue weighted by molar-refractivity contribution is 6.16. The van der Waals surface area contributed by atoms with E-state index in [-0.39, 0.29) is 0 Å². The van der Waals surface area contributed by atoms with Crippen LogP contribution in [0.3, 0.4) is 0 Å². The number of rotatable bonds is 5. The van der Waals surface area contributed by atoms with Crippen molar-refractivity contribution < 1.29 is 4.74 Å². The van der Waals surface area contributed by atoms with Gasteiger partial charge < -0.3 is 9.30 Å². The van der Waals surface area contributed by atoms with E-state index in [1.165, 1.54) is 5.56 Å². The van der Waals surface area contributed by atoms with Crippen LogP contribution < -0.4 is 4.74 Å². The lowest BCUT2D eigenvalue weighted by Gasteiger charge is -2.09. The fraction of sp³-hybridized carbons (Fsp3) is 0.333. The first-order valence-electron chi connectivity index (χ1n) is 5.39. The van der Waals surface area contributed by atoms with Crippen LogP contribution in [0.25, 0.3) is 0 Å². The monoisotopic (exact) mass is 251 g/mol. The van der Waals surface area contributed by atoms with Crippen LogP contribution in [0, 0.1) is 0 Å². The van der Waals surface area contributed by atoms with Crippen LogP contribution in [-0.4, -0.2) is 21.9 Å². The van der Waals surface area contributed by atoms with E-state index in [9.17, 15) is 0 Å². The summed E-state index contributed by atoms with van der Waals surface area (Å²) in [5.41, 5.74) is 1.17. The number of aryl methyl sites for hydroxylation is 2. The number of para-hydroxylation sites is 1. The van der Waals surface area contributed by atoms with Crippen LogP contribution in [0.1, 0.15) is 11.4 Å². The number of hydrogen-bond acceptors (Lipinski definition) is 3. The minimum absolute atomic E-state index is 0.381. The second-order valence-electron chi connectivity index (χ2n) is 3.64. The van der Waals surface area contributed by atoms with Gasteiger partial charge in [-0.25, -0.2) is 0 Å². The second kappa shape index (κ2) is 5.68. The molecule has 0 spiro atoms. The van der Waals surface area contributed by atoms with E-state index in [0.717, 1.165) is 24.5 Å². The molecule has 0 bridgehead atoms. The van der Waals surface area contributed by atoms with Crippen LogP contribution in [0.4, 0.5) is 0 Å². The Hall–Kier alpha value is -1.55. The molecule has 0 aliphatic heterocycles. The van der Waals surface area contributed by atoms with Gasteiger partial charge in [-0.15, -0.1) is 21.8 Å². The second-order valence-corrected chi connectivity index (χ2v) is 3.90. The summed E-state index contributed by atoms with van der Waals surface area (Å²) in [7, 11) is 1.68. The van der Waals surface area contributed by atoms with E-state index in [1.807, 2.05) is 22.8 Å². The highest BCUT2D eigenvalue weighted by Crippen LogP contribution is 2.18. The van der Waals surface area contributed by atoms with Crippen LogP contribution in [0.5, 0.6) is 5.75 Å². The van der Waals surface area contributed by atoms with Crippen LogP contribution >= 0.6 is 11.6 Å². The summed E-state index contributed by atoms with van der Waals surface area (Å²) < 4.78 is 7.26. The van der Waals surface area contributed by atoms with Crippen molar-refractivity contribution in [3.63, 3.8) is 0 Å². The fourth-order valence-corrected chi connectivity index (χ4v) is 1.93. The average molecular weight is 252 g/mol. The van der Waals surface area contributed by atoms with E-state index in [1.54, 1.807) is 13.4 Å². The molecule has 2 rings (SSSR count). The van der Waals surface area contributed by atoms with Gasteiger partial charge in [-0.3, -0.25) is 0 Å². The maximum atomic E-state index is 5.77. The van der Waals surface area contributed by atoms with E-state index < -0.39 is 0 Å². The van der Waals surface area contributed by atoms with Crippen molar-refractivity contribution in [2.24, 2.45) is 0 Å². The molecule has 1 aromatic carbocycles. The predicted molar refractivity (Wildman–Crippen MR) is 66.3 cm³/mol. The summed E-state index contributed by atoms with van der Waals surface area (Å²) in [6.45, 7) is 0.801. The van der Waals surface area contributed by atoms with Gasteiger partial charge >= 0.3 is 0 Å². The number of benzene rings is 1. The minimum Gasteiger partial charge on any atom is -0.496 e. The van der Waals surface area contributed by atoms with E-state index in [4.69, 9.17) is 16.3 Å². The number of ether oxygens (including phenoxy) is 1. The van der Waals surface area contributed by atoms with E-state index in [0.29, 0.717) is 5.88 Å². The third-order valence-electron chi connectivity index (χ3n) is 2.63. The standard InChI is InChI=1S/C12H14ClN3O/c1-17-11-5-3-2-4-10(11)6-7-16-9-14-15-12(16)8-13/h2-5,9H,6-8H2,1H3. The molecule has 5 heteroatoms. The SMILES string of the molecule is COc1ccccc1CCn1cnnc1CCl. The van der Waals surface area contributed by atoms with Gasteiger partial charge in [-0.1, -0.05) is 18.2 Å². The molecular weight excluding hydrogens is 238 g/mol. The Bertz CT molecular complexity index is 484. The lowest BCUT2D eigenvalue weighted by Crippen LogP contribution is -2.05. The van der Waals surface area contributed by atoms with Crippen molar-refractivity contribution in [1.29, 1.82) is 0 Å². The molecule has 0 saturated carbocycles. The Labute approximate surface area is 105 Å². The maximum Gasteiger partial charge on any atom is 0.147 e. The van der Waals surface area contributed by atoms with Gasteiger partial charge in [0.2, 0.25) is 0 Å². The zero-order chi connectivity index (χ0) is 12.1. The summed E-state index contributed by atoms with van der Waals surface area (Å²) in [4.78, 5) is 0. The molecule has 0 N–H and O–H groups in total. The maximum absolute atomic E-state index is 5.77. The Balaban J connectivity index is 2.07. The lowest BCUT2D eigenvalue weighted by atomic mass is 10.1. The van der Waals surface area contributed by atoms with Crippen molar-refractivity contribution in [3.8, 4) is 5.75 Å². The zero-order valence-corrected chi connectivity index (χ0v) is 10.4. The summed E-state index contributed by atoms with van der Waals surface area (Å²) in [5.74, 6) is 2.08. The molecule has 90 valence electrons. The molecule has 1 heterocycles. The Kier molecular flexibility index (Phi) is 3.98. The van der Waals surface area contributed by atoms with Crippen molar-refractivity contribution in [2.45, 2.75) is 18.8 Å². The van der Waals surface area contributed by atoms with Gasteiger partial charge in [-0.05, 0) is 18.1 Å². The van der Waals surface area contributed by atoms with Gasteiger partial charge in [0, 0.05) is 6.54 Å². The zero-order valence-electron chi connectivity index (χ0n) is 9.64. The number of methoxy groups -OCH3 is 1. The van der Waals surface area contributed by atoms with Crippen molar-refractivity contribution in [3.05, 3.63) is 42.0 Å². The first-order valence-corrected chi connectivity index (χ1v) is 5.93. The molecule has 0 aliphatic carbocycles. The highest BCUT2D eigenvalue weighted by atomic mass is 35.5. The molecule has 0 unspecified atom stereocenters. The Morgan fingerprint density at radius 3 is 2.94 bits per heavy atom. The lowest BCUT2D eigenvalue weighted by molar-refractivity contribution is 0.408. The molecule has 0 aliphatic rings. The Morgan fingerprint density at radius 1 is 1.35 bits per heavy atom. The molecule has 1 aromatic heterocycles. The number of aromatic nitrogens is 3. The number of alkyl halides is 1. The van der Waals surface area contributed by atoms with Crippen LogP contribution in [0.2, 0.25) is 0 Å². The molecule has 0 amide bonds. The fourth-order valence-electron chi connectivity index (χ4n) is 1.72.